The first-order valence-electron chi connectivity index (χ1n) is 5.58. The summed E-state index contributed by atoms with van der Waals surface area (Å²) in [5.74, 6) is 0.716. The molecule has 0 unspecified atom stereocenters. The number of carbonyl (C=O) groups excluding carboxylic acids is 1. The summed E-state index contributed by atoms with van der Waals surface area (Å²) in [7, 11) is 0. The summed E-state index contributed by atoms with van der Waals surface area (Å²) in [5, 5.41) is 11.7. The molecule has 0 saturated carbocycles. The predicted molar refractivity (Wildman–Crippen MR) is 69.6 cm³/mol. The molecular weight excluding hydrogens is 250 g/mol. The molecule has 0 radical (unpaired) electrons. The first kappa shape index (κ1) is 12.5. The Bertz CT molecular complexity index is 513. The molecule has 0 spiro atoms. The summed E-state index contributed by atoms with van der Waals surface area (Å²) in [4.78, 5) is 11.2. The Labute approximate surface area is 109 Å². The van der Waals surface area contributed by atoms with Gasteiger partial charge in [0.15, 0.2) is 5.01 Å². The molecule has 5 nitrogen and oxygen atoms in total. The highest BCUT2D eigenvalue weighted by Gasteiger charge is 2.07. The van der Waals surface area contributed by atoms with Gasteiger partial charge in [0, 0.05) is 6.42 Å². The Morgan fingerprint density at radius 2 is 2.11 bits per heavy atom. The standard InChI is InChI=1S/C12H13N3O2S/c1-2-10(16)13-12-15-14-11(18-12)8-17-9-6-4-3-5-7-9/h3-7H,2,8H2,1H3,(H,13,15,16). The number of rotatable bonds is 5. The second kappa shape index (κ2) is 6.11. The Balaban J connectivity index is 1.89. The number of anilines is 1. The van der Waals surface area contributed by atoms with Crippen LogP contribution in [0.5, 0.6) is 5.75 Å². The van der Waals surface area contributed by atoms with E-state index in [4.69, 9.17) is 4.74 Å². The third-order valence-corrected chi connectivity index (χ3v) is 2.95. The highest BCUT2D eigenvalue weighted by molar-refractivity contribution is 7.15. The third-order valence-electron chi connectivity index (χ3n) is 2.14. The van der Waals surface area contributed by atoms with Crippen LogP contribution >= 0.6 is 11.3 Å². The molecule has 1 aromatic heterocycles. The van der Waals surface area contributed by atoms with Crippen LogP contribution in [0, 0.1) is 0 Å². The summed E-state index contributed by atoms with van der Waals surface area (Å²) < 4.78 is 5.53. The number of ether oxygens (including phenoxy) is 1. The highest BCUT2D eigenvalue weighted by atomic mass is 32.1. The van der Waals surface area contributed by atoms with Gasteiger partial charge in [0.05, 0.1) is 0 Å². The lowest BCUT2D eigenvalue weighted by atomic mass is 10.3. The summed E-state index contributed by atoms with van der Waals surface area (Å²) in [6.45, 7) is 2.14. The fourth-order valence-electron chi connectivity index (χ4n) is 1.23. The van der Waals surface area contributed by atoms with Crippen molar-refractivity contribution in [2.45, 2.75) is 20.0 Å². The van der Waals surface area contributed by atoms with Gasteiger partial charge in [-0.05, 0) is 12.1 Å². The van der Waals surface area contributed by atoms with E-state index in [1.54, 1.807) is 6.92 Å². The van der Waals surface area contributed by atoms with E-state index >= 15 is 0 Å². The Kier molecular flexibility index (Phi) is 4.25. The van der Waals surface area contributed by atoms with E-state index in [1.165, 1.54) is 11.3 Å². The summed E-state index contributed by atoms with van der Waals surface area (Å²) in [6.07, 6.45) is 0.426. The fourth-order valence-corrected chi connectivity index (χ4v) is 1.90. The van der Waals surface area contributed by atoms with E-state index in [-0.39, 0.29) is 5.91 Å². The first-order chi connectivity index (χ1) is 8.78. The first-order valence-corrected chi connectivity index (χ1v) is 6.39. The van der Waals surface area contributed by atoms with Crippen LogP contribution in [0.15, 0.2) is 30.3 Å². The summed E-state index contributed by atoms with van der Waals surface area (Å²) >= 11 is 1.32. The maximum atomic E-state index is 11.2. The van der Waals surface area contributed by atoms with E-state index in [0.717, 1.165) is 10.8 Å². The Morgan fingerprint density at radius 1 is 1.33 bits per heavy atom. The van der Waals surface area contributed by atoms with E-state index in [1.807, 2.05) is 30.3 Å². The van der Waals surface area contributed by atoms with Crippen molar-refractivity contribution in [3.63, 3.8) is 0 Å². The van der Waals surface area contributed by atoms with Gasteiger partial charge in [0.25, 0.3) is 0 Å². The zero-order valence-corrected chi connectivity index (χ0v) is 10.7. The normalized spacial score (nSPS) is 10.1. The average Bonchev–Trinajstić information content (AvgIpc) is 2.85. The molecule has 0 aliphatic heterocycles. The van der Waals surface area contributed by atoms with Gasteiger partial charge in [-0.3, -0.25) is 4.79 Å². The van der Waals surface area contributed by atoms with Crippen molar-refractivity contribution in [3.8, 4) is 5.75 Å². The highest BCUT2D eigenvalue weighted by Crippen LogP contribution is 2.18. The molecule has 0 bridgehead atoms. The summed E-state index contributed by atoms with van der Waals surface area (Å²) in [5.41, 5.74) is 0. The molecule has 0 aliphatic rings. The number of nitrogens with zero attached hydrogens (tertiary/aromatic N) is 2. The zero-order chi connectivity index (χ0) is 12.8. The van der Waals surface area contributed by atoms with E-state index in [0.29, 0.717) is 18.2 Å². The second-order valence-electron chi connectivity index (χ2n) is 3.50. The monoisotopic (exact) mass is 263 g/mol. The van der Waals surface area contributed by atoms with Crippen molar-refractivity contribution < 1.29 is 9.53 Å². The van der Waals surface area contributed by atoms with Gasteiger partial charge in [0.1, 0.15) is 12.4 Å². The minimum Gasteiger partial charge on any atom is -0.486 e. The molecule has 0 atom stereocenters. The van der Waals surface area contributed by atoms with E-state index in [9.17, 15) is 4.79 Å². The maximum absolute atomic E-state index is 11.2. The molecule has 1 N–H and O–H groups in total. The molecule has 1 amide bonds. The van der Waals surface area contributed by atoms with Gasteiger partial charge >= 0.3 is 0 Å². The van der Waals surface area contributed by atoms with Crippen LogP contribution in [0.3, 0.4) is 0 Å². The molecule has 0 aliphatic carbocycles. The van der Waals surface area contributed by atoms with E-state index in [2.05, 4.69) is 15.5 Å². The minimum atomic E-state index is -0.0679. The number of para-hydroxylation sites is 1. The van der Waals surface area contributed by atoms with Crippen LogP contribution < -0.4 is 10.1 Å². The van der Waals surface area contributed by atoms with Crippen molar-refractivity contribution in [2.24, 2.45) is 0 Å². The van der Waals surface area contributed by atoms with Gasteiger partial charge in [-0.25, -0.2) is 0 Å². The SMILES string of the molecule is CCC(=O)Nc1nnc(COc2ccccc2)s1. The van der Waals surface area contributed by atoms with E-state index < -0.39 is 0 Å². The third kappa shape index (κ3) is 3.53. The molecular formula is C12H13N3O2S. The number of hydrogen-bond acceptors (Lipinski definition) is 5. The topological polar surface area (TPSA) is 64.1 Å². The molecule has 0 fully saturated rings. The van der Waals surface area contributed by atoms with Crippen molar-refractivity contribution in [2.75, 3.05) is 5.32 Å². The molecule has 18 heavy (non-hydrogen) atoms. The lowest BCUT2D eigenvalue weighted by Gasteiger charge is -2.01. The molecule has 94 valence electrons. The quantitative estimate of drug-likeness (QED) is 0.900. The lowest BCUT2D eigenvalue weighted by molar-refractivity contribution is -0.115. The number of hydrogen-bond donors (Lipinski definition) is 1. The second-order valence-corrected chi connectivity index (χ2v) is 4.57. The number of amides is 1. The Hall–Kier alpha value is -1.95. The van der Waals surface area contributed by atoms with Crippen molar-refractivity contribution >= 4 is 22.4 Å². The Morgan fingerprint density at radius 3 is 2.83 bits per heavy atom. The molecule has 2 rings (SSSR count). The van der Waals surface area contributed by atoms with Gasteiger partial charge in [0.2, 0.25) is 11.0 Å². The van der Waals surface area contributed by atoms with Gasteiger partial charge < -0.3 is 10.1 Å². The number of benzene rings is 1. The van der Waals surface area contributed by atoms with Crippen LogP contribution in [-0.4, -0.2) is 16.1 Å². The fraction of sp³-hybridized carbons (Fsp3) is 0.250. The maximum Gasteiger partial charge on any atom is 0.225 e. The minimum absolute atomic E-state index is 0.0679. The molecule has 0 saturated heterocycles. The van der Waals surface area contributed by atoms with Gasteiger partial charge in [-0.1, -0.05) is 36.5 Å². The van der Waals surface area contributed by atoms with Gasteiger partial charge in [-0.2, -0.15) is 0 Å². The molecule has 6 heteroatoms. The number of carbonyl (C=O) groups is 1. The molecule has 1 heterocycles. The van der Waals surface area contributed by atoms with Crippen molar-refractivity contribution in [3.05, 3.63) is 35.3 Å². The average molecular weight is 263 g/mol. The smallest absolute Gasteiger partial charge is 0.225 e. The van der Waals surface area contributed by atoms with Crippen molar-refractivity contribution in [1.29, 1.82) is 0 Å². The lowest BCUT2D eigenvalue weighted by Crippen LogP contribution is -2.08. The summed E-state index contributed by atoms with van der Waals surface area (Å²) in [6, 6.07) is 9.49. The molecule has 1 aromatic carbocycles. The number of nitrogens with one attached hydrogen (secondary N) is 1. The van der Waals surface area contributed by atoms with Crippen LogP contribution in [0.25, 0.3) is 0 Å². The zero-order valence-electron chi connectivity index (χ0n) is 9.92. The molecule has 2 aromatic rings. The van der Waals surface area contributed by atoms with Crippen molar-refractivity contribution in [1.82, 2.24) is 10.2 Å². The van der Waals surface area contributed by atoms with Crippen LogP contribution in [0.2, 0.25) is 0 Å². The van der Waals surface area contributed by atoms with Crippen LogP contribution in [0.4, 0.5) is 5.13 Å². The van der Waals surface area contributed by atoms with Gasteiger partial charge in [-0.15, -0.1) is 10.2 Å². The largest absolute Gasteiger partial charge is 0.486 e. The van der Waals surface area contributed by atoms with Crippen LogP contribution in [0.1, 0.15) is 18.4 Å². The predicted octanol–water partition coefficient (Wildman–Crippen LogP) is 2.47. The number of aromatic nitrogens is 2. The van der Waals surface area contributed by atoms with Crippen LogP contribution in [-0.2, 0) is 11.4 Å².